The molecule has 1 aromatic heterocycles. The van der Waals surface area contributed by atoms with E-state index < -0.39 is 27.2 Å². The summed E-state index contributed by atoms with van der Waals surface area (Å²) in [5.74, 6) is -1.94. The third kappa shape index (κ3) is 3.21. The average Bonchev–Trinajstić information content (AvgIpc) is 2.01. The van der Waals surface area contributed by atoms with Crippen LogP contribution in [0.25, 0.3) is 0 Å². The molecule has 0 N–H and O–H groups in total. The molecule has 76 valence electrons. The zero-order chi connectivity index (χ0) is 10.8. The van der Waals surface area contributed by atoms with E-state index in [9.17, 15) is 17.6 Å². The molecule has 1 heterocycles. The van der Waals surface area contributed by atoms with Gasteiger partial charge in [0.05, 0.1) is 6.20 Å². The van der Waals surface area contributed by atoms with E-state index in [1.807, 2.05) is 0 Å². The number of carbonyl (C=O) groups excluding carboxylic acids is 1. The van der Waals surface area contributed by atoms with Crippen LogP contribution in [0.5, 0.6) is 0 Å². The molecule has 1 aromatic rings. The molecule has 0 aliphatic rings. The van der Waals surface area contributed by atoms with Gasteiger partial charge in [-0.3, -0.25) is 9.78 Å². The van der Waals surface area contributed by atoms with Crippen molar-refractivity contribution in [2.75, 3.05) is 12.0 Å². The zero-order valence-electron chi connectivity index (χ0n) is 7.40. The number of halogens is 1. The minimum Gasteiger partial charge on any atom is -0.293 e. The Kier molecular flexibility index (Phi) is 2.95. The number of Topliss-reactive ketones (excluding diaryl/α,β-unsaturated/α-hetero) is 1. The lowest BCUT2D eigenvalue weighted by Crippen LogP contribution is -2.14. The van der Waals surface area contributed by atoms with Crippen LogP contribution in [0.1, 0.15) is 10.4 Å². The highest BCUT2D eigenvalue weighted by molar-refractivity contribution is 7.91. The molecule has 14 heavy (non-hydrogen) atoms. The molecule has 0 unspecified atom stereocenters. The van der Waals surface area contributed by atoms with Gasteiger partial charge in [-0.05, 0) is 6.07 Å². The number of pyridine rings is 1. The van der Waals surface area contributed by atoms with Gasteiger partial charge in [-0.25, -0.2) is 12.8 Å². The third-order valence-corrected chi connectivity index (χ3v) is 2.21. The Bertz CT molecular complexity index is 455. The van der Waals surface area contributed by atoms with Gasteiger partial charge in [-0.1, -0.05) is 0 Å². The molecule has 0 saturated heterocycles. The molecule has 0 aliphatic carbocycles. The van der Waals surface area contributed by atoms with Gasteiger partial charge in [0.25, 0.3) is 0 Å². The van der Waals surface area contributed by atoms with Crippen molar-refractivity contribution in [3.8, 4) is 0 Å². The van der Waals surface area contributed by atoms with Crippen LogP contribution in [-0.4, -0.2) is 31.2 Å². The number of hydrogen-bond donors (Lipinski definition) is 0. The number of sulfone groups is 1. The molecule has 0 amide bonds. The van der Waals surface area contributed by atoms with E-state index in [4.69, 9.17) is 0 Å². The highest BCUT2D eigenvalue weighted by Crippen LogP contribution is 2.03. The number of nitrogens with zero attached hydrogens (tertiary/aromatic N) is 1. The molecule has 4 nitrogen and oxygen atoms in total. The monoisotopic (exact) mass is 217 g/mol. The molecule has 0 aromatic carbocycles. The van der Waals surface area contributed by atoms with Crippen LogP contribution in [-0.2, 0) is 9.84 Å². The quantitative estimate of drug-likeness (QED) is 0.689. The van der Waals surface area contributed by atoms with Crippen molar-refractivity contribution in [1.82, 2.24) is 4.98 Å². The van der Waals surface area contributed by atoms with Crippen molar-refractivity contribution in [2.45, 2.75) is 0 Å². The summed E-state index contributed by atoms with van der Waals surface area (Å²) < 4.78 is 34.1. The fourth-order valence-corrected chi connectivity index (χ4v) is 1.53. The van der Waals surface area contributed by atoms with E-state index in [1.165, 1.54) is 0 Å². The van der Waals surface area contributed by atoms with Crippen LogP contribution in [0.15, 0.2) is 18.5 Å². The predicted molar refractivity (Wildman–Crippen MR) is 48.2 cm³/mol. The molecule has 0 spiro atoms. The van der Waals surface area contributed by atoms with Crippen LogP contribution >= 0.6 is 0 Å². The van der Waals surface area contributed by atoms with Gasteiger partial charge in [0, 0.05) is 18.0 Å². The molecule has 0 bridgehead atoms. The molecule has 0 saturated carbocycles. The minimum atomic E-state index is -3.38. The highest BCUT2D eigenvalue weighted by atomic mass is 32.2. The van der Waals surface area contributed by atoms with Gasteiger partial charge in [-0.15, -0.1) is 0 Å². The number of rotatable bonds is 3. The maximum atomic E-state index is 12.6. The zero-order valence-corrected chi connectivity index (χ0v) is 8.21. The molecule has 1 rings (SSSR count). The van der Waals surface area contributed by atoms with Crippen molar-refractivity contribution < 1.29 is 17.6 Å². The number of hydrogen-bond acceptors (Lipinski definition) is 4. The SMILES string of the molecule is CS(=O)(=O)CC(=O)c1cncc(F)c1. The normalized spacial score (nSPS) is 11.3. The summed E-state index contributed by atoms with van der Waals surface area (Å²) in [6.45, 7) is 0. The first-order chi connectivity index (χ1) is 6.38. The van der Waals surface area contributed by atoms with E-state index in [0.29, 0.717) is 0 Å². The standard InChI is InChI=1S/C8H8FNO3S/c1-14(12,13)5-8(11)6-2-7(9)4-10-3-6/h2-4H,5H2,1H3. The van der Waals surface area contributed by atoms with Crippen molar-refractivity contribution in [3.63, 3.8) is 0 Å². The fraction of sp³-hybridized carbons (Fsp3) is 0.250. The minimum absolute atomic E-state index is 0.0320. The lowest BCUT2D eigenvalue weighted by molar-refractivity contribution is 0.102. The largest absolute Gasteiger partial charge is 0.293 e. The Hall–Kier alpha value is -1.30. The number of aromatic nitrogens is 1. The van der Waals surface area contributed by atoms with Crippen LogP contribution in [0.2, 0.25) is 0 Å². The summed E-state index contributed by atoms with van der Waals surface area (Å²) in [6, 6.07) is 0.959. The van der Waals surface area contributed by atoms with E-state index in [0.717, 1.165) is 24.7 Å². The van der Waals surface area contributed by atoms with E-state index in [2.05, 4.69) is 4.98 Å². The molecule has 0 radical (unpaired) electrons. The van der Waals surface area contributed by atoms with Crippen molar-refractivity contribution >= 4 is 15.6 Å². The van der Waals surface area contributed by atoms with Gasteiger partial charge >= 0.3 is 0 Å². The summed E-state index contributed by atoms with van der Waals surface area (Å²) in [5, 5.41) is 0. The predicted octanol–water partition coefficient (Wildman–Crippen LogP) is 0.448. The van der Waals surface area contributed by atoms with Crippen molar-refractivity contribution in [2.24, 2.45) is 0 Å². The molecular formula is C8H8FNO3S. The average molecular weight is 217 g/mol. The van der Waals surface area contributed by atoms with Gasteiger partial charge in [0.2, 0.25) is 0 Å². The maximum Gasteiger partial charge on any atom is 0.179 e. The molecule has 0 atom stereocenters. The topological polar surface area (TPSA) is 64.1 Å². The summed E-state index contributed by atoms with van der Waals surface area (Å²) >= 11 is 0. The second kappa shape index (κ2) is 3.83. The van der Waals surface area contributed by atoms with Crippen molar-refractivity contribution in [1.29, 1.82) is 0 Å². The summed E-state index contributed by atoms with van der Waals surface area (Å²) in [4.78, 5) is 14.7. The van der Waals surface area contributed by atoms with Gasteiger partial charge in [0.1, 0.15) is 11.6 Å². The summed E-state index contributed by atoms with van der Waals surface area (Å²) in [6.07, 6.45) is 3.02. The van der Waals surface area contributed by atoms with E-state index >= 15 is 0 Å². The highest BCUT2D eigenvalue weighted by Gasteiger charge is 2.13. The van der Waals surface area contributed by atoms with Gasteiger partial charge < -0.3 is 0 Å². The summed E-state index contributed by atoms with van der Waals surface area (Å²) in [7, 11) is -3.38. The maximum absolute atomic E-state index is 12.6. The van der Waals surface area contributed by atoms with Gasteiger partial charge in [0.15, 0.2) is 15.6 Å². The smallest absolute Gasteiger partial charge is 0.179 e. The van der Waals surface area contributed by atoms with Crippen LogP contribution in [0, 0.1) is 5.82 Å². The lowest BCUT2D eigenvalue weighted by Gasteiger charge is -1.98. The Labute approximate surface area is 80.7 Å². The van der Waals surface area contributed by atoms with Gasteiger partial charge in [-0.2, -0.15) is 0 Å². The first-order valence-corrected chi connectivity index (χ1v) is 5.76. The third-order valence-electron chi connectivity index (χ3n) is 1.42. The van der Waals surface area contributed by atoms with Crippen LogP contribution in [0.3, 0.4) is 0 Å². The second-order valence-corrected chi connectivity index (χ2v) is 5.03. The molecule has 6 heteroatoms. The van der Waals surface area contributed by atoms with E-state index in [-0.39, 0.29) is 5.56 Å². The molecule has 0 fully saturated rings. The van der Waals surface area contributed by atoms with Crippen molar-refractivity contribution in [3.05, 3.63) is 29.8 Å². The Balaban J connectivity index is 2.91. The first-order valence-electron chi connectivity index (χ1n) is 3.70. The molecular weight excluding hydrogens is 209 g/mol. The number of carbonyl (C=O) groups is 1. The molecule has 0 aliphatic heterocycles. The summed E-state index contributed by atoms with van der Waals surface area (Å²) in [5.41, 5.74) is -0.0320. The van der Waals surface area contributed by atoms with E-state index in [1.54, 1.807) is 0 Å². The Morgan fingerprint density at radius 1 is 1.50 bits per heavy atom. The number of ketones is 1. The lowest BCUT2D eigenvalue weighted by atomic mass is 10.2. The first kappa shape index (κ1) is 10.8. The Morgan fingerprint density at radius 2 is 2.14 bits per heavy atom. The van der Waals surface area contributed by atoms with Crippen LogP contribution in [0.4, 0.5) is 4.39 Å². The fourth-order valence-electron chi connectivity index (χ4n) is 0.886. The Morgan fingerprint density at radius 3 is 2.64 bits per heavy atom. The second-order valence-electron chi connectivity index (χ2n) is 2.89. The van der Waals surface area contributed by atoms with Crippen LogP contribution < -0.4 is 0 Å².